The molecule has 5 nitrogen and oxygen atoms in total. The highest BCUT2D eigenvalue weighted by Gasteiger charge is 1.73. The van der Waals surface area contributed by atoms with Crippen molar-refractivity contribution in [2.75, 3.05) is 0 Å². The minimum Gasteiger partial charge on any atom is -0.478 e. The molecule has 0 radical (unpaired) electrons. The van der Waals surface area contributed by atoms with Crippen LogP contribution in [-0.2, 0) is 4.79 Å². The van der Waals surface area contributed by atoms with Crippen molar-refractivity contribution in [3.05, 3.63) is 12.7 Å². The van der Waals surface area contributed by atoms with Gasteiger partial charge in [-0.05, 0) is 0 Å². The van der Waals surface area contributed by atoms with E-state index in [2.05, 4.69) is 12.3 Å². The number of rotatable bonds is 1. The fraction of sp³-hybridized carbons (Fsp3) is 0. The molecule has 0 aliphatic rings. The quantitative estimate of drug-likeness (QED) is 0.376. The summed E-state index contributed by atoms with van der Waals surface area (Å²) in [5, 5.41) is 14.8. The van der Waals surface area contributed by atoms with E-state index in [0.717, 1.165) is 6.08 Å². The molecule has 1 amide bonds. The first-order valence-electron chi connectivity index (χ1n) is 1.84. The zero-order valence-corrected chi connectivity index (χ0v) is 6.69. The molecular formula is C4H10NO4P. The normalized spacial score (nSPS) is 5.60. The van der Waals surface area contributed by atoms with Crippen LogP contribution in [0.5, 0.6) is 0 Å². The van der Waals surface area contributed by atoms with Crippen LogP contribution in [-0.4, -0.2) is 22.3 Å². The number of primary amides is 1. The molecule has 0 aromatic heterocycles. The lowest BCUT2D eigenvalue weighted by atomic mass is 10.7. The molecule has 60 valence electrons. The lowest BCUT2D eigenvalue weighted by molar-refractivity contribution is -0.131. The van der Waals surface area contributed by atoms with Crippen LogP contribution in [0.3, 0.4) is 0 Å². The molecule has 0 fully saturated rings. The van der Waals surface area contributed by atoms with E-state index in [0.29, 0.717) is 0 Å². The molecule has 1 atom stereocenters. The summed E-state index contributed by atoms with van der Waals surface area (Å²) in [6, 6.07) is 0. The lowest BCUT2D eigenvalue weighted by Crippen LogP contribution is -2.03. The topological polar surface area (TPSA) is 101 Å². The first-order chi connectivity index (χ1) is 4.00. The number of carboxylic acids is 1. The average Bonchev–Trinajstić information content (AvgIpc) is 1.65. The number of aliphatic carboxylic acids is 1. The van der Waals surface area contributed by atoms with E-state index in [1.807, 2.05) is 0 Å². The molecule has 1 unspecified atom stereocenters. The predicted octanol–water partition coefficient (Wildman–Crippen LogP) is -0.0618. The molecule has 4 N–H and O–H groups in total. The van der Waals surface area contributed by atoms with Crippen LogP contribution in [0.1, 0.15) is 0 Å². The number of amides is 1. The summed E-state index contributed by atoms with van der Waals surface area (Å²) in [5.74, 6) is -0.981. The molecule has 0 rings (SSSR count). The fourth-order valence-corrected chi connectivity index (χ4v) is 0. The van der Waals surface area contributed by atoms with E-state index in [4.69, 9.17) is 15.0 Å². The molecule has 0 bridgehead atoms. The van der Waals surface area contributed by atoms with Gasteiger partial charge in [0.25, 0.3) is 0 Å². The van der Waals surface area contributed by atoms with Crippen molar-refractivity contribution in [3.63, 3.8) is 0 Å². The number of carboxylic acid groups (broad SMARTS) is 2. The van der Waals surface area contributed by atoms with Gasteiger partial charge in [0, 0.05) is 6.08 Å². The standard InChI is InChI=1S/C3H4O2.CH3NO2.H3P/c1-2-3(4)5;2-1(3)4;/h2H,1H2,(H,4,5);2H2,(H,3,4);1H3. The van der Waals surface area contributed by atoms with E-state index >= 15 is 0 Å². The van der Waals surface area contributed by atoms with Crippen molar-refractivity contribution in [2.24, 2.45) is 5.73 Å². The van der Waals surface area contributed by atoms with E-state index in [-0.39, 0.29) is 9.90 Å². The lowest BCUT2D eigenvalue weighted by Gasteiger charge is -1.64. The van der Waals surface area contributed by atoms with Crippen molar-refractivity contribution in [1.82, 2.24) is 0 Å². The Morgan fingerprint density at radius 3 is 1.50 bits per heavy atom. The van der Waals surface area contributed by atoms with E-state index < -0.39 is 12.1 Å². The van der Waals surface area contributed by atoms with Crippen molar-refractivity contribution in [3.8, 4) is 0 Å². The second-order valence-corrected chi connectivity index (χ2v) is 0.881. The summed E-state index contributed by atoms with van der Waals surface area (Å²) in [5.41, 5.74) is 4.03. The zero-order valence-electron chi connectivity index (χ0n) is 5.28. The molecular weight excluding hydrogens is 157 g/mol. The van der Waals surface area contributed by atoms with Gasteiger partial charge in [-0.2, -0.15) is 9.90 Å². The Balaban J connectivity index is -0.0000000910. The van der Waals surface area contributed by atoms with Gasteiger partial charge in [0.2, 0.25) is 0 Å². The molecule has 0 spiro atoms. The summed E-state index contributed by atoms with van der Waals surface area (Å²) in [4.78, 5) is 18.0. The summed E-state index contributed by atoms with van der Waals surface area (Å²) in [7, 11) is 0. The molecule has 0 aliphatic heterocycles. The Kier molecular flexibility index (Phi) is 17.3. The minimum absolute atomic E-state index is 0. The van der Waals surface area contributed by atoms with Gasteiger partial charge in [-0.3, -0.25) is 0 Å². The highest BCUT2D eigenvalue weighted by Crippen LogP contribution is 1.54. The summed E-state index contributed by atoms with van der Waals surface area (Å²) < 4.78 is 0. The third kappa shape index (κ3) is 291. The van der Waals surface area contributed by atoms with E-state index in [9.17, 15) is 4.79 Å². The Labute approximate surface area is 61.2 Å². The van der Waals surface area contributed by atoms with Gasteiger partial charge in [-0.25, -0.2) is 9.59 Å². The van der Waals surface area contributed by atoms with Crippen molar-refractivity contribution in [1.29, 1.82) is 0 Å². The molecule has 0 aromatic carbocycles. The zero-order chi connectivity index (χ0) is 7.86. The van der Waals surface area contributed by atoms with Gasteiger partial charge in [-0.1, -0.05) is 6.58 Å². The first-order valence-corrected chi connectivity index (χ1v) is 1.84. The first kappa shape index (κ1) is 16.0. The number of nitrogens with two attached hydrogens (primary N) is 1. The van der Waals surface area contributed by atoms with Crippen LogP contribution in [0.15, 0.2) is 12.7 Å². The van der Waals surface area contributed by atoms with Crippen LogP contribution in [0.25, 0.3) is 0 Å². The number of hydrogen-bond acceptors (Lipinski definition) is 2. The van der Waals surface area contributed by atoms with Crippen molar-refractivity contribution in [2.45, 2.75) is 0 Å². The van der Waals surface area contributed by atoms with Crippen molar-refractivity contribution >= 4 is 22.0 Å². The molecule has 0 saturated heterocycles. The van der Waals surface area contributed by atoms with Gasteiger partial charge in [-0.15, -0.1) is 0 Å². The third-order valence-electron chi connectivity index (χ3n) is 0.175. The average molecular weight is 167 g/mol. The summed E-state index contributed by atoms with van der Waals surface area (Å²) >= 11 is 0. The van der Waals surface area contributed by atoms with Crippen LogP contribution in [0.2, 0.25) is 0 Å². The summed E-state index contributed by atoms with van der Waals surface area (Å²) in [6.07, 6.45) is -0.500. The largest absolute Gasteiger partial charge is 0.478 e. The highest BCUT2D eigenvalue weighted by atomic mass is 31.0. The monoisotopic (exact) mass is 167 g/mol. The second kappa shape index (κ2) is 10.8. The Morgan fingerprint density at radius 1 is 1.40 bits per heavy atom. The Morgan fingerprint density at radius 2 is 1.50 bits per heavy atom. The minimum atomic E-state index is -1.33. The predicted molar refractivity (Wildman–Crippen MR) is 41.1 cm³/mol. The molecule has 0 heterocycles. The van der Waals surface area contributed by atoms with Crippen LogP contribution >= 0.6 is 9.90 Å². The van der Waals surface area contributed by atoms with Crippen LogP contribution in [0.4, 0.5) is 4.79 Å². The molecule has 0 aromatic rings. The van der Waals surface area contributed by atoms with Gasteiger partial charge >= 0.3 is 12.1 Å². The van der Waals surface area contributed by atoms with Gasteiger partial charge in [0.05, 0.1) is 0 Å². The van der Waals surface area contributed by atoms with Gasteiger partial charge < -0.3 is 15.9 Å². The Bertz CT molecular complexity index is 120. The van der Waals surface area contributed by atoms with Crippen molar-refractivity contribution < 1.29 is 19.8 Å². The SMILES string of the molecule is C=CC(=O)O.NC(=O)O.P. The molecule has 6 heteroatoms. The summed E-state index contributed by atoms with van der Waals surface area (Å²) in [6.45, 7) is 2.96. The maximum Gasteiger partial charge on any atom is 0.402 e. The van der Waals surface area contributed by atoms with E-state index in [1.165, 1.54) is 0 Å². The molecule has 10 heavy (non-hydrogen) atoms. The highest BCUT2D eigenvalue weighted by molar-refractivity contribution is 6.92. The maximum absolute atomic E-state index is 9.25. The third-order valence-corrected chi connectivity index (χ3v) is 0.175. The fourth-order valence-electron chi connectivity index (χ4n) is 0. The maximum atomic E-state index is 9.25. The van der Waals surface area contributed by atoms with Gasteiger partial charge in [0.1, 0.15) is 0 Å². The number of hydrogen-bond donors (Lipinski definition) is 3. The van der Waals surface area contributed by atoms with Crippen LogP contribution in [0, 0.1) is 0 Å². The smallest absolute Gasteiger partial charge is 0.402 e. The Hall–Kier alpha value is -1.09. The second-order valence-electron chi connectivity index (χ2n) is 0.881. The molecule has 0 saturated carbocycles. The molecule has 0 aliphatic carbocycles. The van der Waals surface area contributed by atoms with Gasteiger partial charge in [0.15, 0.2) is 0 Å². The van der Waals surface area contributed by atoms with Crippen LogP contribution < -0.4 is 5.73 Å². The van der Waals surface area contributed by atoms with E-state index in [1.54, 1.807) is 0 Å². The number of carbonyl (C=O) groups is 2.